The number of hydrogen-bond acceptors (Lipinski definition) is 4. The highest BCUT2D eigenvalue weighted by atomic mass is 32.1. The molecule has 0 aliphatic rings. The molecule has 0 aliphatic carbocycles. The van der Waals surface area contributed by atoms with Crippen LogP contribution in [-0.2, 0) is 6.54 Å². The minimum atomic E-state index is 0.225. The van der Waals surface area contributed by atoms with E-state index in [1.54, 1.807) is 22.7 Å². The van der Waals surface area contributed by atoms with Crippen LogP contribution < -0.4 is 5.32 Å². The molecule has 2 atom stereocenters. The topological polar surface area (TPSA) is 24.9 Å². The van der Waals surface area contributed by atoms with Crippen molar-refractivity contribution < 1.29 is 0 Å². The van der Waals surface area contributed by atoms with Gasteiger partial charge in [0.15, 0.2) is 0 Å². The van der Waals surface area contributed by atoms with E-state index >= 15 is 0 Å². The Balaban J connectivity index is 1.80. The molecule has 0 bridgehead atoms. The molecule has 4 heteroatoms. The smallest absolute Gasteiger partial charge is 0.0795 e. The van der Waals surface area contributed by atoms with Gasteiger partial charge in [0.1, 0.15) is 0 Å². The zero-order chi connectivity index (χ0) is 16.1. The molecule has 23 heavy (non-hydrogen) atoms. The third-order valence-electron chi connectivity index (χ3n) is 4.25. The van der Waals surface area contributed by atoms with Gasteiger partial charge in [-0.2, -0.15) is 0 Å². The number of rotatable bonds is 7. The maximum absolute atomic E-state index is 4.37. The SMILES string of the molecule is CCC(C)c1ccc(C(NCc2cscn2)c2cccs2)cc1. The Kier molecular flexibility index (Phi) is 5.60. The van der Waals surface area contributed by atoms with Gasteiger partial charge in [-0.1, -0.05) is 44.2 Å². The highest BCUT2D eigenvalue weighted by molar-refractivity contribution is 7.10. The Morgan fingerprint density at radius 3 is 2.52 bits per heavy atom. The number of thiophene rings is 1. The molecule has 120 valence electrons. The summed E-state index contributed by atoms with van der Waals surface area (Å²) >= 11 is 3.44. The van der Waals surface area contributed by atoms with Crippen molar-refractivity contribution in [1.29, 1.82) is 0 Å². The van der Waals surface area contributed by atoms with E-state index in [1.807, 2.05) is 5.51 Å². The lowest BCUT2D eigenvalue weighted by Gasteiger charge is -2.19. The standard InChI is InChI=1S/C19H22N2S2/c1-3-14(2)15-6-8-16(9-7-15)19(18-5-4-10-23-18)20-11-17-12-22-13-21-17/h4-10,12-14,19-20H,3,11H2,1-2H3. The number of thiazole rings is 1. The fraction of sp³-hybridized carbons (Fsp3) is 0.316. The summed E-state index contributed by atoms with van der Waals surface area (Å²) in [5.74, 6) is 0.618. The van der Waals surface area contributed by atoms with Gasteiger partial charge in [-0.15, -0.1) is 22.7 Å². The third-order valence-corrected chi connectivity index (χ3v) is 5.82. The van der Waals surface area contributed by atoms with Gasteiger partial charge in [0.05, 0.1) is 17.2 Å². The lowest BCUT2D eigenvalue weighted by molar-refractivity contribution is 0.606. The van der Waals surface area contributed by atoms with Crippen LogP contribution in [0.1, 0.15) is 53.9 Å². The quantitative estimate of drug-likeness (QED) is 0.605. The van der Waals surface area contributed by atoms with Gasteiger partial charge in [0.2, 0.25) is 0 Å². The molecule has 1 N–H and O–H groups in total. The molecule has 3 aromatic rings. The molecule has 3 rings (SSSR count). The molecule has 0 fully saturated rings. The fourth-order valence-electron chi connectivity index (χ4n) is 2.62. The van der Waals surface area contributed by atoms with Gasteiger partial charge in [-0.25, -0.2) is 4.98 Å². The van der Waals surface area contributed by atoms with Gasteiger partial charge in [0.25, 0.3) is 0 Å². The molecule has 0 aliphatic heterocycles. The van der Waals surface area contributed by atoms with E-state index < -0.39 is 0 Å². The van der Waals surface area contributed by atoms with Crippen molar-refractivity contribution in [2.24, 2.45) is 0 Å². The maximum Gasteiger partial charge on any atom is 0.0795 e. The minimum Gasteiger partial charge on any atom is -0.300 e. The molecular weight excluding hydrogens is 320 g/mol. The van der Waals surface area contributed by atoms with Crippen molar-refractivity contribution in [2.45, 2.75) is 38.8 Å². The highest BCUT2D eigenvalue weighted by Crippen LogP contribution is 2.28. The second-order valence-corrected chi connectivity index (χ2v) is 7.48. The van der Waals surface area contributed by atoms with Crippen LogP contribution in [0.2, 0.25) is 0 Å². The molecule has 2 unspecified atom stereocenters. The Morgan fingerprint density at radius 2 is 1.91 bits per heavy atom. The van der Waals surface area contributed by atoms with Crippen molar-refractivity contribution in [2.75, 3.05) is 0 Å². The molecule has 1 aromatic carbocycles. The van der Waals surface area contributed by atoms with Gasteiger partial charge in [-0.05, 0) is 34.9 Å². The predicted molar refractivity (Wildman–Crippen MR) is 100 cm³/mol. The van der Waals surface area contributed by atoms with E-state index in [-0.39, 0.29) is 6.04 Å². The van der Waals surface area contributed by atoms with Crippen molar-refractivity contribution in [3.8, 4) is 0 Å². The Bertz CT molecular complexity index is 688. The van der Waals surface area contributed by atoms with E-state index in [0.29, 0.717) is 5.92 Å². The second-order valence-electron chi connectivity index (χ2n) is 5.79. The van der Waals surface area contributed by atoms with Crippen LogP contribution in [-0.4, -0.2) is 4.98 Å². The highest BCUT2D eigenvalue weighted by Gasteiger charge is 2.15. The van der Waals surface area contributed by atoms with Crippen LogP contribution in [0.5, 0.6) is 0 Å². The first-order valence-electron chi connectivity index (χ1n) is 8.01. The summed E-state index contributed by atoms with van der Waals surface area (Å²) in [6.07, 6.45) is 1.18. The van der Waals surface area contributed by atoms with Gasteiger partial charge < -0.3 is 0 Å². The Morgan fingerprint density at radius 1 is 1.13 bits per heavy atom. The van der Waals surface area contributed by atoms with Crippen LogP contribution in [0.3, 0.4) is 0 Å². The van der Waals surface area contributed by atoms with Gasteiger partial charge in [-0.3, -0.25) is 5.32 Å². The second kappa shape index (κ2) is 7.86. The lowest BCUT2D eigenvalue weighted by Crippen LogP contribution is -2.21. The first kappa shape index (κ1) is 16.4. The van der Waals surface area contributed by atoms with Gasteiger partial charge >= 0.3 is 0 Å². The van der Waals surface area contributed by atoms with E-state index in [2.05, 4.69) is 71.3 Å². The lowest BCUT2D eigenvalue weighted by atomic mass is 9.95. The first-order chi connectivity index (χ1) is 11.3. The fourth-order valence-corrected chi connectivity index (χ4v) is 4.01. The van der Waals surface area contributed by atoms with Gasteiger partial charge in [0, 0.05) is 16.8 Å². The predicted octanol–water partition coefficient (Wildman–Crippen LogP) is 5.60. The molecule has 0 saturated carbocycles. The first-order valence-corrected chi connectivity index (χ1v) is 9.84. The number of aromatic nitrogens is 1. The minimum absolute atomic E-state index is 0.225. The van der Waals surface area contributed by atoms with E-state index in [1.165, 1.54) is 22.4 Å². The van der Waals surface area contributed by atoms with E-state index in [0.717, 1.165) is 12.2 Å². The molecule has 2 heterocycles. The summed E-state index contributed by atoms with van der Waals surface area (Å²) in [6, 6.07) is 13.6. The summed E-state index contributed by atoms with van der Waals surface area (Å²) in [6.45, 7) is 5.31. The summed E-state index contributed by atoms with van der Waals surface area (Å²) in [7, 11) is 0. The van der Waals surface area contributed by atoms with Crippen LogP contribution in [0, 0.1) is 0 Å². The molecule has 2 nitrogen and oxygen atoms in total. The number of nitrogens with zero attached hydrogens (tertiary/aromatic N) is 1. The number of nitrogens with one attached hydrogen (secondary N) is 1. The normalized spacial score (nSPS) is 13.8. The maximum atomic E-state index is 4.37. The third kappa shape index (κ3) is 4.08. The zero-order valence-corrected chi connectivity index (χ0v) is 15.2. The van der Waals surface area contributed by atoms with Crippen molar-refractivity contribution in [1.82, 2.24) is 10.3 Å². The molecule has 0 amide bonds. The number of benzene rings is 1. The Hall–Kier alpha value is -1.49. The number of hydrogen-bond donors (Lipinski definition) is 1. The molecule has 0 saturated heterocycles. The van der Waals surface area contributed by atoms with Crippen LogP contribution in [0.4, 0.5) is 0 Å². The van der Waals surface area contributed by atoms with Crippen LogP contribution >= 0.6 is 22.7 Å². The van der Waals surface area contributed by atoms with Crippen molar-refractivity contribution in [3.63, 3.8) is 0 Å². The summed E-state index contributed by atoms with van der Waals surface area (Å²) in [5.41, 5.74) is 5.72. The van der Waals surface area contributed by atoms with Crippen LogP contribution in [0.25, 0.3) is 0 Å². The summed E-state index contributed by atoms with van der Waals surface area (Å²) in [4.78, 5) is 5.71. The van der Waals surface area contributed by atoms with Crippen molar-refractivity contribution in [3.05, 3.63) is 74.4 Å². The van der Waals surface area contributed by atoms with E-state index in [9.17, 15) is 0 Å². The molecule has 0 spiro atoms. The largest absolute Gasteiger partial charge is 0.300 e. The average Bonchev–Trinajstić information content (AvgIpc) is 3.29. The van der Waals surface area contributed by atoms with Crippen LogP contribution in [0.15, 0.2) is 52.7 Å². The molecule has 0 radical (unpaired) electrons. The molecular formula is C19H22N2S2. The zero-order valence-electron chi connectivity index (χ0n) is 13.5. The van der Waals surface area contributed by atoms with E-state index in [4.69, 9.17) is 0 Å². The van der Waals surface area contributed by atoms with Crippen molar-refractivity contribution >= 4 is 22.7 Å². The summed E-state index contributed by atoms with van der Waals surface area (Å²) < 4.78 is 0. The molecule has 2 aromatic heterocycles. The monoisotopic (exact) mass is 342 g/mol. The Labute approximate surface area is 146 Å². The summed E-state index contributed by atoms with van der Waals surface area (Å²) in [5, 5.41) is 7.90. The average molecular weight is 343 g/mol.